The summed E-state index contributed by atoms with van der Waals surface area (Å²) in [5.41, 5.74) is 4.82. The fraction of sp³-hybridized carbons (Fsp3) is 0.567. The van der Waals surface area contributed by atoms with Crippen LogP contribution in [-0.2, 0) is 4.74 Å². The Morgan fingerprint density at radius 2 is 1.97 bits per heavy atom. The first kappa shape index (κ1) is 20.4. The van der Waals surface area contributed by atoms with Crippen molar-refractivity contribution in [2.45, 2.75) is 81.5 Å². The Morgan fingerprint density at radius 3 is 2.85 bits per heavy atom. The highest BCUT2D eigenvalue weighted by atomic mass is 16.5. The third kappa shape index (κ3) is 2.67. The van der Waals surface area contributed by atoms with Crippen molar-refractivity contribution in [1.29, 1.82) is 0 Å². The number of fused-ring (bicyclic) bond motifs is 2. The minimum atomic E-state index is -0.0577. The Balaban J connectivity index is 1.28. The highest BCUT2D eigenvalue weighted by Gasteiger charge is 2.66. The van der Waals surface area contributed by atoms with Gasteiger partial charge < -0.3 is 9.64 Å². The molecule has 33 heavy (non-hydrogen) atoms. The molecule has 1 saturated heterocycles. The average molecular weight is 441 g/mol. The molecule has 3 nitrogen and oxygen atoms in total. The molecule has 1 aromatic heterocycles. The summed E-state index contributed by atoms with van der Waals surface area (Å²) in [6.07, 6.45) is 18.9. The Hall–Kier alpha value is -1.97. The monoisotopic (exact) mass is 440 g/mol. The summed E-state index contributed by atoms with van der Waals surface area (Å²) >= 11 is 0. The molecule has 2 saturated carbocycles. The zero-order valence-electron chi connectivity index (χ0n) is 20.3. The van der Waals surface area contributed by atoms with E-state index in [9.17, 15) is 0 Å². The summed E-state index contributed by atoms with van der Waals surface area (Å²) in [5, 5.41) is 2.56. The maximum Gasteiger partial charge on any atom is 0.0974 e. The maximum atomic E-state index is 7.42. The average Bonchev–Trinajstić information content (AvgIpc) is 3.33. The van der Waals surface area contributed by atoms with Gasteiger partial charge in [0.1, 0.15) is 0 Å². The molecular weight excluding hydrogens is 404 g/mol. The third-order valence-corrected chi connectivity index (χ3v) is 10.5. The minimum Gasteiger partial charge on any atom is -0.359 e. The molecular formula is C30H36N2O. The van der Waals surface area contributed by atoms with Crippen molar-refractivity contribution >= 4 is 10.8 Å². The van der Waals surface area contributed by atoms with Gasteiger partial charge in [0.15, 0.2) is 0 Å². The van der Waals surface area contributed by atoms with Crippen molar-refractivity contribution in [2.75, 3.05) is 14.1 Å². The first-order valence-corrected chi connectivity index (χ1v) is 13.1. The van der Waals surface area contributed by atoms with E-state index in [-0.39, 0.29) is 16.6 Å². The van der Waals surface area contributed by atoms with E-state index >= 15 is 0 Å². The Kier molecular flexibility index (Phi) is 4.20. The normalized spacial score (nSPS) is 41.4. The van der Waals surface area contributed by atoms with E-state index < -0.39 is 0 Å². The second-order valence-electron chi connectivity index (χ2n) is 12.0. The molecule has 6 atom stereocenters. The van der Waals surface area contributed by atoms with Crippen LogP contribution in [0.1, 0.15) is 69.8 Å². The Labute approximate surface area is 197 Å². The molecule has 2 aromatic rings. The minimum absolute atomic E-state index is 0.00448. The van der Waals surface area contributed by atoms with Crippen LogP contribution in [0.3, 0.4) is 0 Å². The molecule has 1 aromatic carbocycles. The summed E-state index contributed by atoms with van der Waals surface area (Å²) in [5.74, 6) is 1.20. The van der Waals surface area contributed by atoms with Crippen LogP contribution in [0.4, 0.5) is 0 Å². The van der Waals surface area contributed by atoms with Crippen LogP contribution in [-0.4, -0.2) is 41.2 Å². The van der Waals surface area contributed by atoms with Crippen LogP contribution in [0.2, 0.25) is 0 Å². The Bertz CT molecular complexity index is 1200. The van der Waals surface area contributed by atoms with E-state index in [0.29, 0.717) is 17.9 Å². The fourth-order valence-corrected chi connectivity index (χ4v) is 8.69. The van der Waals surface area contributed by atoms with Crippen LogP contribution in [0.15, 0.2) is 60.0 Å². The number of hydrogen-bond donors (Lipinski definition) is 0. The lowest BCUT2D eigenvalue weighted by Gasteiger charge is -2.54. The van der Waals surface area contributed by atoms with E-state index in [1.165, 1.54) is 73.3 Å². The van der Waals surface area contributed by atoms with E-state index in [1.807, 2.05) is 12.4 Å². The van der Waals surface area contributed by atoms with Crippen LogP contribution in [0.25, 0.3) is 10.8 Å². The predicted molar refractivity (Wildman–Crippen MR) is 133 cm³/mol. The standard InChI is InChI=1S/C30H36N2O/c1-28-12-10-24-17-23-6-7-25(32(2)3)18-29(23)13-14-30(24,33-29)27(28)9-8-26(28)21-5-4-20-11-15-31-19-22(20)16-21/h4-5,10-11,15-17,19,25-27H,6-9,12-14,18H2,1-3H3/t25-,26?,27-,28?,29-,30-/m1/s1. The molecule has 172 valence electrons. The van der Waals surface area contributed by atoms with Gasteiger partial charge in [0.2, 0.25) is 0 Å². The van der Waals surface area contributed by atoms with E-state index in [2.05, 4.69) is 67.3 Å². The molecule has 7 rings (SSSR count). The molecule has 3 heterocycles. The van der Waals surface area contributed by atoms with Gasteiger partial charge in [-0.3, -0.25) is 4.98 Å². The van der Waals surface area contributed by atoms with Gasteiger partial charge in [-0.05, 0) is 117 Å². The zero-order valence-corrected chi connectivity index (χ0v) is 20.3. The third-order valence-electron chi connectivity index (χ3n) is 10.5. The van der Waals surface area contributed by atoms with Crippen molar-refractivity contribution in [3.63, 3.8) is 0 Å². The number of rotatable bonds is 2. The van der Waals surface area contributed by atoms with E-state index in [4.69, 9.17) is 4.74 Å². The lowest BCUT2D eigenvalue weighted by atomic mass is 9.58. The van der Waals surface area contributed by atoms with Crippen molar-refractivity contribution in [3.8, 4) is 0 Å². The predicted octanol–water partition coefficient (Wildman–Crippen LogP) is 6.41. The van der Waals surface area contributed by atoms with Gasteiger partial charge in [-0.15, -0.1) is 0 Å². The first-order chi connectivity index (χ1) is 15.9. The number of nitrogens with zero attached hydrogens (tertiary/aromatic N) is 2. The molecule has 3 fully saturated rings. The summed E-state index contributed by atoms with van der Waals surface area (Å²) in [6, 6.07) is 9.86. The van der Waals surface area contributed by atoms with Gasteiger partial charge in [0.05, 0.1) is 11.2 Å². The van der Waals surface area contributed by atoms with Gasteiger partial charge in [-0.2, -0.15) is 0 Å². The first-order valence-electron chi connectivity index (χ1n) is 13.1. The number of allylic oxidation sites excluding steroid dienone is 1. The summed E-state index contributed by atoms with van der Waals surface area (Å²) < 4.78 is 7.42. The molecule has 2 aliphatic heterocycles. The Morgan fingerprint density at radius 1 is 1.06 bits per heavy atom. The van der Waals surface area contributed by atoms with Crippen molar-refractivity contribution < 1.29 is 4.74 Å². The highest BCUT2D eigenvalue weighted by molar-refractivity contribution is 5.82. The van der Waals surface area contributed by atoms with Crippen LogP contribution >= 0.6 is 0 Å². The van der Waals surface area contributed by atoms with Crippen LogP contribution in [0, 0.1) is 11.3 Å². The van der Waals surface area contributed by atoms with Crippen molar-refractivity contribution in [3.05, 3.63) is 65.5 Å². The molecule has 0 radical (unpaired) electrons. The smallest absolute Gasteiger partial charge is 0.0974 e. The molecule has 3 aliphatic carbocycles. The number of ether oxygens (including phenoxy) is 1. The lowest BCUT2D eigenvalue weighted by Crippen LogP contribution is -2.55. The summed E-state index contributed by atoms with van der Waals surface area (Å²) in [7, 11) is 4.49. The molecule has 0 amide bonds. The summed E-state index contributed by atoms with van der Waals surface area (Å²) in [4.78, 5) is 6.81. The molecule has 2 bridgehead atoms. The van der Waals surface area contributed by atoms with E-state index in [0.717, 1.165) is 0 Å². The second-order valence-corrected chi connectivity index (χ2v) is 12.0. The number of pyridine rings is 1. The molecule has 2 unspecified atom stereocenters. The van der Waals surface area contributed by atoms with Crippen LogP contribution < -0.4 is 0 Å². The molecule has 2 spiro atoms. The summed E-state index contributed by atoms with van der Waals surface area (Å²) in [6.45, 7) is 2.57. The number of benzene rings is 1. The SMILES string of the molecule is CN(C)[C@@H]1CCC2=CC3=CCC4(C)C(c5ccc6ccncc6c5)CC[C@H]4[C@@]34CC[C@]2(C1)O4. The van der Waals surface area contributed by atoms with Gasteiger partial charge in [-0.1, -0.05) is 31.2 Å². The number of hydrogen-bond acceptors (Lipinski definition) is 3. The van der Waals surface area contributed by atoms with Gasteiger partial charge >= 0.3 is 0 Å². The van der Waals surface area contributed by atoms with Gasteiger partial charge in [-0.25, -0.2) is 0 Å². The zero-order chi connectivity index (χ0) is 22.4. The highest BCUT2D eigenvalue weighted by Crippen LogP contribution is 2.69. The molecule has 5 aliphatic rings. The largest absolute Gasteiger partial charge is 0.359 e. The quantitative estimate of drug-likeness (QED) is 0.540. The topological polar surface area (TPSA) is 25.4 Å². The number of aromatic nitrogens is 1. The second kappa shape index (κ2) is 6.79. The fourth-order valence-electron chi connectivity index (χ4n) is 8.69. The van der Waals surface area contributed by atoms with Gasteiger partial charge in [0, 0.05) is 23.8 Å². The van der Waals surface area contributed by atoms with Crippen molar-refractivity contribution in [1.82, 2.24) is 9.88 Å². The van der Waals surface area contributed by atoms with E-state index in [1.54, 1.807) is 5.57 Å². The molecule has 0 N–H and O–H groups in total. The van der Waals surface area contributed by atoms with Crippen molar-refractivity contribution in [2.24, 2.45) is 11.3 Å². The van der Waals surface area contributed by atoms with Crippen LogP contribution in [0.5, 0.6) is 0 Å². The molecule has 3 heteroatoms. The maximum absolute atomic E-state index is 7.42. The lowest BCUT2D eigenvalue weighted by molar-refractivity contribution is -0.139. The van der Waals surface area contributed by atoms with Gasteiger partial charge in [0.25, 0.3) is 0 Å².